The number of benzene rings is 1. The number of amides is 1. The maximum atomic E-state index is 12.3. The van der Waals surface area contributed by atoms with Crippen LogP contribution in [0.15, 0.2) is 41.5 Å². The second-order valence-corrected chi connectivity index (χ2v) is 4.50. The molecule has 3 N–H and O–H groups in total. The summed E-state index contributed by atoms with van der Waals surface area (Å²) in [6, 6.07) is 6.82. The number of aromatic amines is 1. The summed E-state index contributed by atoms with van der Waals surface area (Å²) < 4.78 is 1.33. The van der Waals surface area contributed by atoms with Crippen molar-refractivity contribution in [3.05, 3.63) is 52.6 Å². The molecule has 106 valence electrons. The van der Waals surface area contributed by atoms with E-state index in [1.165, 1.54) is 17.0 Å². The fourth-order valence-electron chi connectivity index (χ4n) is 2.19. The van der Waals surface area contributed by atoms with E-state index in [0.717, 1.165) is 0 Å². The molecule has 1 amide bonds. The van der Waals surface area contributed by atoms with Crippen molar-refractivity contribution in [2.45, 2.75) is 0 Å². The maximum Gasteiger partial charge on any atom is 0.267 e. The van der Waals surface area contributed by atoms with Crippen LogP contribution in [0.25, 0.3) is 10.9 Å². The number of aromatic hydroxyl groups is 1. The molecule has 1 aromatic carbocycles. The first-order valence-electron chi connectivity index (χ1n) is 6.21. The molecular formula is C14H12N4O3. The molecule has 0 saturated carbocycles. The van der Waals surface area contributed by atoms with Crippen LogP contribution in [-0.4, -0.2) is 25.5 Å². The van der Waals surface area contributed by atoms with Gasteiger partial charge in [-0.05, 0) is 12.1 Å². The Morgan fingerprint density at radius 1 is 1.38 bits per heavy atom. The summed E-state index contributed by atoms with van der Waals surface area (Å²) in [6.45, 7) is 0. The van der Waals surface area contributed by atoms with E-state index in [9.17, 15) is 14.7 Å². The zero-order valence-corrected chi connectivity index (χ0v) is 11.1. The Hall–Kier alpha value is -3.09. The summed E-state index contributed by atoms with van der Waals surface area (Å²) in [4.78, 5) is 31.0. The number of hydrogen-bond donors (Lipinski definition) is 3. The molecule has 0 radical (unpaired) electrons. The van der Waals surface area contributed by atoms with Gasteiger partial charge in [0.2, 0.25) is 5.95 Å². The van der Waals surface area contributed by atoms with Crippen LogP contribution in [0.5, 0.6) is 5.75 Å². The normalized spacial score (nSPS) is 10.7. The Kier molecular flexibility index (Phi) is 2.94. The quantitative estimate of drug-likeness (QED) is 0.658. The number of para-hydroxylation sites is 1. The van der Waals surface area contributed by atoms with E-state index >= 15 is 0 Å². The van der Waals surface area contributed by atoms with Crippen molar-refractivity contribution in [1.29, 1.82) is 0 Å². The second kappa shape index (κ2) is 4.78. The first-order valence-corrected chi connectivity index (χ1v) is 6.21. The van der Waals surface area contributed by atoms with Crippen LogP contribution in [-0.2, 0) is 7.05 Å². The summed E-state index contributed by atoms with van der Waals surface area (Å²) in [6.07, 6.45) is 3.00. The summed E-state index contributed by atoms with van der Waals surface area (Å²) in [5.74, 6) is -0.846. The number of pyridine rings is 1. The average Bonchev–Trinajstić information content (AvgIpc) is 2.98. The molecule has 0 fully saturated rings. The molecule has 2 heterocycles. The summed E-state index contributed by atoms with van der Waals surface area (Å²) in [7, 11) is 1.55. The summed E-state index contributed by atoms with van der Waals surface area (Å²) in [5.41, 5.74) is -0.336. The highest BCUT2D eigenvalue weighted by Crippen LogP contribution is 2.25. The van der Waals surface area contributed by atoms with Gasteiger partial charge in [-0.15, -0.1) is 0 Å². The van der Waals surface area contributed by atoms with Crippen LogP contribution >= 0.6 is 0 Å². The molecule has 0 saturated heterocycles. The van der Waals surface area contributed by atoms with Crippen molar-refractivity contribution in [3.63, 3.8) is 0 Å². The van der Waals surface area contributed by atoms with Gasteiger partial charge in [-0.2, -0.15) is 0 Å². The molecule has 2 aromatic heterocycles. The SMILES string of the molecule is Cn1c(=O)c(C(=O)Nc2ncc[nH]2)c(O)c2ccccc21. The summed E-state index contributed by atoms with van der Waals surface area (Å²) >= 11 is 0. The zero-order valence-electron chi connectivity index (χ0n) is 11.1. The van der Waals surface area contributed by atoms with Crippen molar-refractivity contribution in [2.75, 3.05) is 5.32 Å². The fraction of sp³-hybridized carbons (Fsp3) is 0.0714. The minimum absolute atomic E-state index is 0.203. The molecule has 0 aliphatic carbocycles. The van der Waals surface area contributed by atoms with E-state index in [-0.39, 0.29) is 17.3 Å². The highest BCUT2D eigenvalue weighted by molar-refractivity contribution is 6.08. The number of nitrogens with one attached hydrogen (secondary N) is 2. The predicted molar refractivity (Wildman–Crippen MR) is 77.4 cm³/mol. The number of hydrogen-bond acceptors (Lipinski definition) is 4. The van der Waals surface area contributed by atoms with Crippen LogP contribution in [0.2, 0.25) is 0 Å². The van der Waals surface area contributed by atoms with Crippen LogP contribution < -0.4 is 10.9 Å². The number of anilines is 1. The van der Waals surface area contributed by atoms with Gasteiger partial charge in [0.25, 0.3) is 11.5 Å². The third-order valence-electron chi connectivity index (χ3n) is 3.23. The smallest absolute Gasteiger partial charge is 0.267 e. The van der Waals surface area contributed by atoms with Crippen molar-refractivity contribution in [1.82, 2.24) is 14.5 Å². The lowest BCUT2D eigenvalue weighted by molar-refractivity contribution is 0.102. The molecule has 7 nitrogen and oxygen atoms in total. The number of carbonyl (C=O) groups is 1. The Bertz CT molecular complexity index is 881. The van der Waals surface area contributed by atoms with Crippen LogP contribution in [0.4, 0.5) is 5.95 Å². The third-order valence-corrected chi connectivity index (χ3v) is 3.23. The molecule has 0 spiro atoms. The fourth-order valence-corrected chi connectivity index (χ4v) is 2.19. The number of aryl methyl sites for hydroxylation is 1. The van der Waals surface area contributed by atoms with Crippen molar-refractivity contribution >= 4 is 22.8 Å². The van der Waals surface area contributed by atoms with Gasteiger partial charge < -0.3 is 14.7 Å². The Morgan fingerprint density at radius 2 is 2.14 bits per heavy atom. The first kappa shape index (κ1) is 12.9. The highest BCUT2D eigenvalue weighted by atomic mass is 16.3. The van der Waals surface area contributed by atoms with Gasteiger partial charge in [0.05, 0.1) is 5.52 Å². The van der Waals surface area contributed by atoms with E-state index in [1.54, 1.807) is 31.3 Å². The molecular weight excluding hydrogens is 272 g/mol. The number of aromatic nitrogens is 3. The molecule has 0 aliphatic rings. The van der Waals surface area contributed by atoms with Gasteiger partial charge in [0, 0.05) is 24.8 Å². The van der Waals surface area contributed by atoms with Gasteiger partial charge in [0.15, 0.2) is 0 Å². The Morgan fingerprint density at radius 3 is 2.86 bits per heavy atom. The largest absolute Gasteiger partial charge is 0.506 e. The lowest BCUT2D eigenvalue weighted by atomic mass is 10.1. The average molecular weight is 284 g/mol. The summed E-state index contributed by atoms with van der Waals surface area (Å²) in [5, 5.41) is 13.1. The van der Waals surface area contributed by atoms with Crippen molar-refractivity contribution in [2.24, 2.45) is 7.05 Å². The van der Waals surface area contributed by atoms with E-state index in [4.69, 9.17) is 0 Å². The Balaban J connectivity index is 2.18. The van der Waals surface area contributed by atoms with Crippen molar-refractivity contribution < 1.29 is 9.90 Å². The molecule has 7 heteroatoms. The van der Waals surface area contributed by atoms with Crippen LogP contribution in [0, 0.1) is 0 Å². The molecule has 0 aliphatic heterocycles. The van der Waals surface area contributed by atoms with Crippen molar-refractivity contribution in [3.8, 4) is 5.75 Å². The predicted octanol–water partition coefficient (Wildman–Crippen LogP) is 1.22. The number of carbonyl (C=O) groups excluding carboxylic acids is 1. The number of fused-ring (bicyclic) bond motifs is 1. The maximum absolute atomic E-state index is 12.3. The minimum atomic E-state index is -0.714. The second-order valence-electron chi connectivity index (χ2n) is 4.50. The number of rotatable bonds is 2. The molecule has 3 rings (SSSR count). The number of nitrogens with zero attached hydrogens (tertiary/aromatic N) is 2. The van der Waals surface area contributed by atoms with E-state index in [1.807, 2.05) is 0 Å². The molecule has 0 unspecified atom stereocenters. The van der Waals surface area contributed by atoms with Crippen LogP contribution in [0.3, 0.4) is 0 Å². The topological polar surface area (TPSA) is 100 Å². The molecule has 3 aromatic rings. The highest BCUT2D eigenvalue weighted by Gasteiger charge is 2.21. The molecule has 0 atom stereocenters. The standard InChI is InChI=1S/C14H12N4O3/c1-18-9-5-3-2-4-8(9)11(19)10(13(18)21)12(20)17-14-15-6-7-16-14/h2-7,19H,1H3,(H2,15,16,17,20). The van der Waals surface area contributed by atoms with Gasteiger partial charge in [-0.1, -0.05) is 12.1 Å². The first-order chi connectivity index (χ1) is 10.1. The number of imidazole rings is 1. The molecule has 0 bridgehead atoms. The zero-order chi connectivity index (χ0) is 15.0. The van der Waals surface area contributed by atoms with E-state index in [0.29, 0.717) is 10.9 Å². The minimum Gasteiger partial charge on any atom is -0.506 e. The monoisotopic (exact) mass is 284 g/mol. The van der Waals surface area contributed by atoms with E-state index in [2.05, 4.69) is 15.3 Å². The number of H-pyrrole nitrogens is 1. The lowest BCUT2D eigenvalue weighted by Crippen LogP contribution is -2.28. The van der Waals surface area contributed by atoms with Gasteiger partial charge in [0.1, 0.15) is 11.3 Å². The molecule has 21 heavy (non-hydrogen) atoms. The third kappa shape index (κ3) is 2.04. The van der Waals surface area contributed by atoms with Gasteiger partial charge in [-0.3, -0.25) is 14.9 Å². The lowest BCUT2D eigenvalue weighted by Gasteiger charge is -2.11. The van der Waals surface area contributed by atoms with Crippen LogP contribution in [0.1, 0.15) is 10.4 Å². The van der Waals surface area contributed by atoms with Gasteiger partial charge >= 0.3 is 0 Å². The Labute approximate surface area is 118 Å². The van der Waals surface area contributed by atoms with E-state index < -0.39 is 11.5 Å². The van der Waals surface area contributed by atoms with Gasteiger partial charge in [-0.25, -0.2) is 4.98 Å².